The summed E-state index contributed by atoms with van der Waals surface area (Å²) in [5.41, 5.74) is 6.22. The van der Waals surface area contributed by atoms with Crippen LogP contribution in [-0.2, 0) is 4.84 Å². The first-order valence-electron chi connectivity index (χ1n) is 6.36. The summed E-state index contributed by atoms with van der Waals surface area (Å²) in [5.74, 6) is 0.0736. The third kappa shape index (κ3) is 3.59. The predicted molar refractivity (Wildman–Crippen MR) is 80.8 cm³/mol. The number of rotatable bonds is 5. The van der Waals surface area contributed by atoms with Gasteiger partial charge in [0.15, 0.2) is 0 Å². The van der Waals surface area contributed by atoms with Gasteiger partial charge < -0.3 is 0 Å². The third-order valence-corrected chi connectivity index (χ3v) is 3.07. The van der Waals surface area contributed by atoms with Crippen LogP contribution >= 0.6 is 11.6 Å². The minimum atomic E-state index is -0.266. The van der Waals surface area contributed by atoms with E-state index in [1.807, 2.05) is 49.4 Å². The molecule has 0 spiro atoms. The normalized spacial score (nSPS) is 10.3. The second-order valence-electron chi connectivity index (χ2n) is 4.36. The van der Waals surface area contributed by atoms with Gasteiger partial charge in [0, 0.05) is 11.4 Å². The summed E-state index contributed by atoms with van der Waals surface area (Å²) in [7, 11) is 0. The van der Waals surface area contributed by atoms with Gasteiger partial charge in [-0.1, -0.05) is 36.4 Å². The van der Waals surface area contributed by atoms with E-state index in [0.29, 0.717) is 11.4 Å². The average Bonchev–Trinajstić information content (AvgIpc) is 2.48. The van der Waals surface area contributed by atoms with Crippen molar-refractivity contribution in [2.45, 2.75) is 6.92 Å². The number of benzene rings is 2. The highest BCUT2D eigenvalue weighted by atomic mass is 35.5. The van der Waals surface area contributed by atoms with Crippen LogP contribution < -0.4 is 5.48 Å². The Morgan fingerprint density at radius 1 is 1.20 bits per heavy atom. The summed E-state index contributed by atoms with van der Waals surface area (Å²) in [6.45, 7) is 2.27. The molecule has 2 aromatic carbocycles. The lowest BCUT2D eigenvalue weighted by Crippen LogP contribution is -2.24. The molecule has 20 heavy (non-hydrogen) atoms. The van der Waals surface area contributed by atoms with Gasteiger partial charge in [-0.15, -0.1) is 11.6 Å². The van der Waals surface area contributed by atoms with Gasteiger partial charge in [0.1, 0.15) is 0 Å². The third-order valence-electron chi connectivity index (χ3n) is 2.92. The van der Waals surface area contributed by atoms with E-state index in [4.69, 9.17) is 16.4 Å². The number of aryl methyl sites for hydroxylation is 1. The van der Waals surface area contributed by atoms with Crippen LogP contribution in [-0.4, -0.2) is 18.4 Å². The molecule has 2 rings (SSSR count). The lowest BCUT2D eigenvalue weighted by Gasteiger charge is -2.09. The summed E-state index contributed by atoms with van der Waals surface area (Å²) in [4.78, 5) is 16.8. The van der Waals surface area contributed by atoms with E-state index in [1.54, 1.807) is 6.07 Å². The van der Waals surface area contributed by atoms with E-state index < -0.39 is 0 Å². The molecule has 0 unspecified atom stereocenters. The molecule has 0 saturated carbocycles. The first-order chi connectivity index (χ1) is 9.72. The number of hydrogen-bond acceptors (Lipinski definition) is 2. The zero-order chi connectivity index (χ0) is 14.4. The summed E-state index contributed by atoms with van der Waals surface area (Å²) in [6.07, 6.45) is 0. The summed E-state index contributed by atoms with van der Waals surface area (Å²) in [6, 6.07) is 15.6. The molecule has 1 N–H and O–H groups in total. The molecule has 3 nitrogen and oxygen atoms in total. The van der Waals surface area contributed by atoms with Crippen molar-refractivity contribution < 1.29 is 9.63 Å². The van der Waals surface area contributed by atoms with Gasteiger partial charge in [0.25, 0.3) is 5.91 Å². The van der Waals surface area contributed by atoms with Crippen LogP contribution in [0.2, 0.25) is 0 Å². The molecule has 104 valence electrons. The number of alkyl halides is 1. The van der Waals surface area contributed by atoms with Crippen LogP contribution in [0.25, 0.3) is 11.1 Å². The largest absolute Gasteiger partial charge is 0.274 e. The van der Waals surface area contributed by atoms with Crippen LogP contribution in [0, 0.1) is 6.92 Å². The Hall–Kier alpha value is -1.84. The van der Waals surface area contributed by atoms with E-state index in [1.165, 1.54) is 0 Å². The van der Waals surface area contributed by atoms with Crippen molar-refractivity contribution in [2.75, 3.05) is 12.5 Å². The SMILES string of the molecule is Cc1cc(C(=O)NOCCCl)ccc1-c1ccccc1. The van der Waals surface area contributed by atoms with Gasteiger partial charge in [-0.2, -0.15) is 0 Å². The molecular formula is C16H16ClNO2. The van der Waals surface area contributed by atoms with Gasteiger partial charge in [-0.25, -0.2) is 5.48 Å². The lowest BCUT2D eigenvalue weighted by atomic mass is 9.98. The van der Waals surface area contributed by atoms with Crippen LogP contribution in [0.5, 0.6) is 0 Å². The molecule has 0 aromatic heterocycles. The molecule has 0 aliphatic rings. The Bertz CT molecular complexity index is 584. The fourth-order valence-corrected chi connectivity index (χ4v) is 2.04. The molecule has 0 atom stereocenters. The Balaban J connectivity index is 2.16. The van der Waals surface area contributed by atoms with Crippen molar-refractivity contribution in [2.24, 2.45) is 0 Å². The van der Waals surface area contributed by atoms with Gasteiger partial charge in [-0.3, -0.25) is 9.63 Å². The number of nitrogens with one attached hydrogen (secondary N) is 1. The van der Waals surface area contributed by atoms with Crippen molar-refractivity contribution >= 4 is 17.5 Å². The van der Waals surface area contributed by atoms with E-state index >= 15 is 0 Å². The Morgan fingerprint density at radius 3 is 2.60 bits per heavy atom. The maximum atomic E-state index is 11.8. The standard InChI is InChI=1S/C16H16ClNO2/c1-12-11-14(16(19)18-20-10-9-17)7-8-15(12)13-5-3-2-4-6-13/h2-8,11H,9-10H2,1H3,(H,18,19). The fourth-order valence-electron chi connectivity index (χ4n) is 1.96. The van der Waals surface area contributed by atoms with E-state index in [-0.39, 0.29) is 12.5 Å². The molecule has 1 amide bonds. The van der Waals surface area contributed by atoms with Gasteiger partial charge in [0.2, 0.25) is 0 Å². The fraction of sp³-hybridized carbons (Fsp3) is 0.188. The summed E-state index contributed by atoms with van der Waals surface area (Å²) < 4.78 is 0. The molecule has 0 radical (unpaired) electrons. The molecule has 0 bridgehead atoms. The lowest BCUT2D eigenvalue weighted by molar-refractivity contribution is 0.0372. The highest BCUT2D eigenvalue weighted by molar-refractivity contribution is 6.17. The number of hydroxylamine groups is 1. The van der Waals surface area contributed by atoms with Crippen LogP contribution in [0.3, 0.4) is 0 Å². The molecule has 0 aliphatic carbocycles. The summed E-state index contributed by atoms with van der Waals surface area (Å²) in [5, 5.41) is 0. The molecule has 0 heterocycles. The molecular weight excluding hydrogens is 274 g/mol. The number of amides is 1. The van der Waals surface area contributed by atoms with Crippen LogP contribution in [0.4, 0.5) is 0 Å². The zero-order valence-electron chi connectivity index (χ0n) is 11.2. The smallest absolute Gasteiger partial charge is 0.272 e. The second kappa shape index (κ2) is 7.08. The molecule has 4 heteroatoms. The molecule has 0 aliphatic heterocycles. The number of carbonyl (C=O) groups is 1. The predicted octanol–water partition coefficient (Wildman–Crippen LogP) is 3.56. The minimum Gasteiger partial charge on any atom is -0.272 e. The van der Waals surface area contributed by atoms with Gasteiger partial charge in [0.05, 0.1) is 6.61 Å². The highest BCUT2D eigenvalue weighted by Gasteiger charge is 2.08. The van der Waals surface area contributed by atoms with Gasteiger partial charge >= 0.3 is 0 Å². The van der Waals surface area contributed by atoms with Crippen molar-refractivity contribution in [1.29, 1.82) is 0 Å². The van der Waals surface area contributed by atoms with Crippen molar-refractivity contribution in [1.82, 2.24) is 5.48 Å². The van der Waals surface area contributed by atoms with Crippen LogP contribution in [0.15, 0.2) is 48.5 Å². The zero-order valence-corrected chi connectivity index (χ0v) is 12.0. The number of halogens is 1. The van der Waals surface area contributed by atoms with E-state index in [2.05, 4.69) is 5.48 Å². The van der Waals surface area contributed by atoms with Crippen molar-refractivity contribution in [3.63, 3.8) is 0 Å². The van der Waals surface area contributed by atoms with Crippen LogP contribution in [0.1, 0.15) is 15.9 Å². The number of hydrogen-bond donors (Lipinski definition) is 1. The average molecular weight is 290 g/mol. The topological polar surface area (TPSA) is 38.3 Å². The highest BCUT2D eigenvalue weighted by Crippen LogP contribution is 2.23. The maximum absolute atomic E-state index is 11.8. The van der Waals surface area contributed by atoms with E-state index in [9.17, 15) is 4.79 Å². The Morgan fingerprint density at radius 2 is 1.95 bits per heavy atom. The summed E-state index contributed by atoms with van der Waals surface area (Å²) >= 11 is 5.47. The molecule has 2 aromatic rings. The first-order valence-corrected chi connectivity index (χ1v) is 6.90. The molecule has 0 fully saturated rings. The van der Waals surface area contributed by atoms with Gasteiger partial charge in [-0.05, 0) is 35.7 Å². The minimum absolute atomic E-state index is 0.266. The quantitative estimate of drug-likeness (QED) is 0.519. The Kier molecular flexibility index (Phi) is 5.16. The van der Waals surface area contributed by atoms with E-state index in [0.717, 1.165) is 16.7 Å². The monoisotopic (exact) mass is 289 g/mol. The van der Waals surface area contributed by atoms with Crippen molar-refractivity contribution in [3.8, 4) is 11.1 Å². The maximum Gasteiger partial charge on any atom is 0.274 e. The number of carbonyl (C=O) groups excluding carboxylic acids is 1. The Labute approximate surface area is 123 Å². The first kappa shape index (κ1) is 14.6. The molecule has 0 saturated heterocycles. The van der Waals surface area contributed by atoms with Crippen molar-refractivity contribution in [3.05, 3.63) is 59.7 Å². The second-order valence-corrected chi connectivity index (χ2v) is 4.74.